The van der Waals surface area contributed by atoms with Gasteiger partial charge in [-0.2, -0.15) is 0 Å². The number of fused-ring (bicyclic) bond motifs is 2. The van der Waals surface area contributed by atoms with E-state index in [2.05, 4.69) is 43.0 Å². The predicted octanol–water partition coefficient (Wildman–Crippen LogP) is 6.34. The number of amides is 1. The lowest BCUT2D eigenvalue weighted by Crippen LogP contribution is -2.49. The first kappa shape index (κ1) is 31.0. The lowest BCUT2D eigenvalue weighted by atomic mass is 9.95. The maximum absolute atomic E-state index is 12.2. The summed E-state index contributed by atoms with van der Waals surface area (Å²) in [5, 5.41) is 3.42. The summed E-state index contributed by atoms with van der Waals surface area (Å²) in [6.07, 6.45) is 6.47. The topological polar surface area (TPSA) is 56.8 Å². The number of benzene rings is 2. The normalized spacial score (nSPS) is 20.1. The molecular formula is C35H46N6O2. The maximum Gasteiger partial charge on any atom is 0.410 e. The van der Waals surface area contributed by atoms with Crippen LogP contribution in [0.15, 0.2) is 36.4 Å². The SMILES string of the molecule is [C-]#[N+]c1ccc2c(c1)CN(C1CCN(C(=O)OC(C)(C)C)CC1)CC2.[C-]#[N+]c1ccc2c(c1)CN(C1CCNCC1)CC2. The van der Waals surface area contributed by atoms with Gasteiger partial charge in [-0.1, -0.05) is 36.4 Å². The molecule has 2 saturated heterocycles. The Bertz CT molecular complexity index is 1360. The molecule has 0 saturated carbocycles. The van der Waals surface area contributed by atoms with Crippen LogP contribution in [0.3, 0.4) is 0 Å². The fourth-order valence-corrected chi connectivity index (χ4v) is 6.80. The Labute approximate surface area is 257 Å². The zero-order valence-electron chi connectivity index (χ0n) is 26.1. The zero-order chi connectivity index (χ0) is 30.4. The fourth-order valence-electron chi connectivity index (χ4n) is 6.80. The average Bonchev–Trinajstić information content (AvgIpc) is 3.03. The van der Waals surface area contributed by atoms with E-state index in [4.69, 9.17) is 17.9 Å². The number of carbonyl (C=O) groups excluding carboxylic acids is 1. The second-order valence-electron chi connectivity index (χ2n) is 13.3. The van der Waals surface area contributed by atoms with Gasteiger partial charge in [-0.05, 0) is 94.6 Å². The van der Waals surface area contributed by atoms with Crippen molar-refractivity contribution in [3.05, 3.63) is 81.5 Å². The number of nitrogens with one attached hydrogen (secondary N) is 1. The lowest BCUT2D eigenvalue weighted by molar-refractivity contribution is 0.0134. The van der Waals surface area contributed by atoms with Crippen LogP contribution in [0.1, 0.15) is 68.7 Å². The molecule has 4 aliphatic heterocycles. The van der Waals surface area contributed by atoms with Crippen LogP contribution in [0.5, 0.6) is 0 Å². The maximum atomic E-state index is 12.2. The molecule has 2 fully saturated rings. The molecule has 0 aliphatic carbocycles. The first-order valence-corrected chi connectivity index (χ1v) is 15.9. The van der Waals surface area contributed by atoms with Crippen molar-refractivity contribution in [3.8, 4) is 0 Å². The van der Waals surface area contributed by atoms with Gasteiger partial charge in [0, 0.05) is 51.4 Å². The monoisotopic (exact) mass is 582 g/mol. The van der Waals surface area contributed by atoms with Crippen molar-refractivity contribution in [1.29, 1.82) is 0 Å². The highest BCUT2D eigenvalue weighted by Crippen LogP contribution is 2.29. The van der Waals surface area contributed by atoms with Crippen molar-refractivity contribution in [2.45, 2.75) is 90.1 Å². The van der Waals surface area contributed by atoms with Crippen LogP contribution in [-0.4, -0.2) is 77.7 Å². The van der Waals surface area contributed by atoms with Gasteiger partial charge in [0.2, 0.25) is 0 Å². The molecular weight excluding hydrogens is 536 g/mol. The number of nitrogens with zero attached hydrogens (tertiary/aromatic N) is 5. The number of ether oxygens (including phenoxy) is 1. The minimum absolute atomic E-state index is 0.198. The van der Waals surface area contributed by atoms with Crippen molar-refractivity contribution in [2.75, 3.05) is 39.3 Å². The molecule has 4 heterocycles. The Kier molecular flexibility index (Phi) is 10.0. The summed E-state index contributed by atoms with van der Waals surface area (Å²) >= 11 is 0. The van der Waals surface area contributed by atoms with Crippen molar-refractivity contribution >= 4 is 17.5 Å². The van der Waals surface area contributed by atoms with Crippen LogP contribution in [0.25, 0.3) is 9.69 Å². The molecule has 1 amide bonds. The van der Waals surface area contributed by atoms with Gasteiger partial charge in [0.05, 0.1) is 13.1 Å². The molecule has 0 atom stereocenters. The van der Waals surface area contributed by atoms with Crippen molar-refractivity contribution < 1.29 is 9.53 Å². The summed E-state index contributed by atoms with van der Waals surface area (Å²) in [4.78, 5) is 26.2. The van der Waals surface area contributed by atoms with Gasteiger partial charge < -0.3 is 15.0 Å². The number of carbonyl (C=O) groups is 1. The number of hydrogen-bond acceptors (Lipinski definition) is 5. The first-order chi connectivity index (χ1) is 20.7. The van der Waals surface area contributed by atoms with E-state index in [-0.39, 0.29) is 6.09 Å². The number of rotatable bonds is 2. The highest BCUT2D eigenvalue weighted by Gasteiger charge is 2.31. The molecule has 228 valence electrons. The molecule has 0 bridgehead atoms. The molecule has 0 spiro atoms. The third-order valence-electron chi connectivity index (χ3n) is 9.18. The quantitative estimate of drug-likeness (QED) is 0.419. The largest absolute Gasteiger partial charge is 0.444 e. The van der Waals surface area contributed by atoms with Crippen LogP contribution in [0.4, 0.5) is 16.2 Å². The molecule has 4 aliphatic rings. The van der Waals surface area contributed by atoms with Crippen LogP contribution in [-0.2, 0) is 30.7 Å². The molecule has 43 heavy (non-hydrogen) atoms. The molecule has 0 aromatic heterocycles. The Hall–Kier alpha value is -3.43. The number of piperidine rings is 2. The summed E-state index contributed by atoms with van der Waals surface area (Å²) < 4.78 is 5.48. The Balaban J connectivity index is 0.000000180. The highest BCUT2D eigenvalue weighted by molar-refractivity contribution is 5.68. The molecule has 2 aromatic rings. The second-order valence-corrected chi connectivity index (χ2v) is 13.3. The number of hydrogen-bond donors (Lipinski definition) is 1. The van der Waals surface area contributed by atoms with E-state index in [1.54, 1.807) is 0 Å². The van der Waals surface area contributed by atoms with Gasteiger partial charge >= 0.3 is 6.09 Å². The molecule has 0 radical (unpaired) electrons. The Morgan fingerprint density at radius 1 is 0.767 bits per heavy atom. The second kappa shape index (κ2) is 13.9. The van der Waals surface area contributed by atoms with Gasteiger partial charge in [0.25, 0.3) is 0 Å². The summed E-state index contributed by atoms with van der Waals surface area (Å²) in [7, 11) is 0. The zero-order valence-corrected chi connectivity index (χ0v) is 26.1. The minimum atomic E-state index is -0.439. The molecule has 8 heteroatoms. The minimum Gasteiger partial charge on any atom is -0.444 e. The van der Waals surface area contributed by atoms with Gasteiger partial charge in [-0.15, -0.1) is 0 Å². The Morgan fingerprint density at radius 3 is 1.72 bits per heavy atom. The smallest absolute Gasteiger partial charge is 0.410 e. The standard InChI is InChI=1S/C20H27N3O2.C15H19N3/c1-20(2,3)25-19(24)22-11-8-18(9-12-22)23-10-7-15-5-6-17(21-4)13-16(15)14-23;1-16-14-3-2-12-6-9-18(11-13(12)10-14)15-4-7-17-8-5-15/h5-6,13,18H,7-12,14H2,1-3H3;2-3,10,15,17H,4-9,11H2. The van der Waals surface area contributed by atoms with E-state index in [9.17, 15) is 4.79 Å². The summed E-state index contributed by atoms with van der Waals surface area (Å²) in [5.41, 5.74) is 6.52. The van der Waals surface area contributed by atoms with Gasteiger partial charge in [-0.3, -0.25) is 9.80 Å². The van der Waals surface area contributed by atoms with Gasteiger partial charge in [-0.25, -0.2) is 14.5 Å². The molecule has 1 N–H and O–H groups in total. The molecule has 6 rings (SSSR count). The van der Waals surface area contributed by atoms with Crippen LogP contribution >= 0.6 is 0 Å². The predicted molar refractivity (Wildman–Crippen MR) is 170 cm³/mol. The van der Waals surface area contributed by atoms with Crippen LogP contribution in [0.2, 0.25) is 0 Å². The van der Waals surface area contributed by atoms with Crippen LogP contribution < -0.4 is 5.32 Å². The van der Waals surface area contributed by atoms with E-state index in [1.165, 1.54) is 41.6 Å². The third-order valence-corrected chi connectivity index (χ3v) is 9.18. The summed E-state index contributed by atoms with van der Waals surface area (Å²) in [5.74, 6) is 0. The van der Waals surface area contributed by atoms with E-state index >= 15 is 0 Å². The van der Waals surface area contributed by atoms with Crippen LogP contribution in [0, 0.1) is 13.1 Å². The lowest BCUT2D eigenvalue weighted by Gasteiger charge is -2.41. The summed E-state index contributed by atoms with van der Waals surface area (Å²) in [6.45, 7) is 28.0. The van der Waals surface area contributed by atoms with E-state index < -0.39 is 5.60 Å². The van der Waals surface area contributed by atoms with Crippen molar-refractivity contribution in [1.82, 2.24) is 20.0 Å². The van der Waals surface area contributed by atoms with Gasteiger partial charge in [0.1, 0.15) is 5.60 Å². The van der Waals surface area contributed by atoms with Crippen molar-refractivity contribution in [2.24, 2.45) is 0 Å². The average molecular weight is 583 g/mol. The fraction of sp³-hybridized carbons (Fsp3) is 0.571. The third kappa shape index (κ3) is 8.15. The van der Waals surface area contributed by atoms with Crippen molar-refractivity contribution in [3.63, 3.8) is 0 Å². The Morgan fingerprint density at radius 2 is 1.26 bits per heavy atom. The van der Waals surface area contributed by atoms with E-state index in [0.29, 0.717) is 6.04 Å². The summed E-state index contributed by atoms with van der Waals surface area (Å²) in [6, 6.07) is 13.5. The molecule has 2 aromatic carbocycles. The number of likely N-dealkylation sites (tertiary alicyclic amines) is 1. The highest BCUT2D eigenvalue weighted by atomic mass is 16.6. The van der Waals surface area contributed by atoms with E-state index in [0.717, 1.165) is 88.9 Å². The molecule has 8 nitrogen and oxygen atoms in total. The van der Waals surface area contributed by atoms with Gasteiger partial charge in [0.15, 0.2) is 11.4 Å². The van der Waals surface area contributed by atoms with E-state index in [1.807, 2.05) is 43.9 Å². The first-order valence-electron chi connectivity index (χ1n) is 15.9. The molecule has 0 unspecified atom stereocenters.